The van der Waals surface area contributed by atoms with Gasteiger partial charge in [-0.1, -0.05) is 0 Å². The Morgan fingerprint density at radius 3 is 2.79 bits per heavy atom. The summed E-state index contributed by atoms with van der Waals surface area (Å²) in [6.07, 6.45) is -2.91. The number of aromatic nitrogens is 2. The Hall–Kier alpha value is -1.55. The highest BCUT2D eigenvalue weighted by Crippen LogP contribution is 2.30. The lowest BCUT2D eigenvalue weighted by atomic mass is 10.1. The lowest BCUT2D eigenvalue weighted by molar-refractivity contribution is -0.0447. The molecule has 1 aliphatic heterocycles. The van der Waals surface area contributed by atoms with Crippen molar-refractivity contribution >= 4 is 0 Å². The molecule has 1 saturated heterocycles. The predicted octanol–water partition coefficient (Wildman–Crippen LogP) is -1.58. The molecule has 1 aromatic heterocycles. The van der Waals surface area contributed by atoms with Gasteiger partial charge in [0.1, 0.15) is 6.10 Å². The summed E-state index contributed by atoms with van der Waals surface area (Å²) in [5, 5.41) is 17.9. The highest BCUT2D eigenvalue weighted by molar-refractivity contribution is 5.03. The van der Waals surface area contributed by atoms with E-state index in [4.69, 9.17) is 15.1 Å². The van der Waals surface area contributed by atoms with Crippen molar-refractivity contribution in [1.82, 2.24) is 15.0 Å². The molecule has 2 rings (SSSR count). The van der Waals surface area contributed by atoms with E-state index in [0.29, 0.717) is 0 Å². The number of rotatable bonds is 3. The number of aryl methyl sites for hydroxylation is 1. The van der Waals surface area contributed by atoms with E-state index < -0.39 is 42.4 Å². The van der Waals surface area contributed by atoms with Gasteiger partial charge < -0.3 is 15.1 Å². The van der Waals surface area contributed by atoms with Crippen molar-refractivity contribution in [3.8, 4) is 0 Å². The molecule has 1 aliphatic rings. The molecule has 0 aliphatic carbocycles. The summed E-state index contributed by atoms with van der Waals surface area (Å²) in [6, 6.07) is -1.16. The third-order valence-electron chi connectivity index (χ3n) is 3.08. The van der Waals surface area contributed by atoms with E-state index in [-0.39, 0.29) is 5.56 Å². The van der Waals surface area contributed by atoms with Gasteiger partial charge in [-0.25, -0.2) is 9.18 Å². The van der Waals surface area contributed by atoms with Gasteiger partial charge in [-0.15, -0.1) is 0 Å². The first-order valence-corrected chi connectivity index (χ1v) is 5.61. The van der Waals surface area contributed by atoms with Gasteiger partial charge in [-0.05, 0) is 6.92 Å². The monoisotopic (exact) mass is 275 g/mol. The van der Waals surface area contributed by atoms with Gasteiger partial charge >= 0.3 is 5.69 Å². The van der Waals surface area contributed by atoms with Gasteiger partial charge in [0.15, 0.2) is 12.4 Å². The quantitative estimate of drug-likeness (QED) is 0.495. The van der Waals surface area contributed by atoms with Crippen LogP contribution >= 0.6 is 0 Å². The Bertz CT molecular complexity index is 571. The number of alkyl halides is 1. The second-order valence-electron chi connectivity index (χ2n) is 4.33. The summed E-state index contributed by atoms with van der Waals surface area (Å²) in [5.41, 5.74) is 0.546. The van der Waals surface area contributed by atoms with E-state index in [1.165, 1.54) is 13.1 Å². The van der Waals surface area contributed by atoms with Crippen molar-refractivity contribution in [2.45, 2.75) is 31.5 Å². The van der Waals surface area contributed by atoms with Crippen LogP contribution in [0.3, 0.4) is 0 Å². The summed E-state index contributed by atoms with van der Waals surface area (Å²) in [5.74, 6) is 0. The molecule has 4 atom stereocenters. The third-order valence-corrected chi connectivity index (χ3v) is 3.08. The number of aliphatic hydroxyl groups excluding tert-OH is 1. The fourth-order valence-electron chi connectivity index (χ4n) is 2.03. The van der Waals surface area contributed by atoms with Crippen LogP contribution in [0.4, 0.5) is 4.39 Å². The molecule has 19 heavy (non-hydrogen) atoms. The number of hydroxylamine groups is 1. The van der Waals surface area contributed by atoms with Gasteiger partial charge in [-0.3, -0.25) is 14.3 Å². The highest BCUT2D eigenvalue weighted by atomic mass is 19.1. The SMILES string of the molecule is Cc1cn(C2O[C@H](CO)[C@H](NO)[C@@H]2F)c(=O)[nH]c1=O. The van der Waals surface area contributed by atoms with Gasteiger partial charge in [0.2, 0.25) is 0 Å². The van der Waals surface area contributed by atoms with Crippen molar-refractivity contribution in [3.63, 3.8) is 0 Å². The fourth-order valence-corrected chi connectivity index (χ4v) is 2.03. The molecule has 0 spiro atoms. The van der Waals surface area contributed by atoms with Crippen LogP contribution in [0.2, 0.25) is 0 Å². The third kappa shape index (κ3) is 2.32. The molecule has 1 aromatic rings. The maximum Gasteiger partial charge on any atom is 0.330 e. The average Bonchev–Trinajstić information content (AvgIpc) is 2.70. The molecule has 4 N–H and O–H groups in total. The molecular formula is C10H14FN3O5. The number of hydrogen-bond donors (Lipinski definition) is 4. The van der Waals surface area contributed by atoms with E-state index in [1.807, 2.05) is 4.98 Å². The van der Waals surface area contributed by atoms with E-state index >= 15 is 0 Å². The number of ether oxygens (including phenoxy) is 1. The lowest BCUT2D eigenvalue weighted by Crippen LogP contribution is -2.43. The first-order valence-electron chi connectivity index (χ1n) is 5.61. The summed E-state index contributed by atoms with van der Waals surface area (Å²) in [6.45, 7) is 0.939. The van der Waals surface area contributed by atoms with Crippen LogP contribution in [0.1, 0.15) is 11.8 Å². The molecule has 106 valence electrons. The van der Waals surface area contributed by atoms with Crippen LogP contribution in [-0.4, -0.2) is 44.8 Å². The number of H-pyrrole nitrogens is 1. The van der Waals surface area contributed by atoms with Crippen LogP contribution < -0.4 is 16.7 Å². The molecule has 2 heterocycles. The number of nitrogens with zero attached hydrogens (tertiary/aromatic N) is 1. The summed E-state index contributed by atoms with van der Waals surface area (Å²) in [7, 11) is 0. The van der Waals surface area contributed by atoms with Crippen molar-refractivity contribution in [2.75, 3.05) is 6.61 Å². The standard InChI is InChI=1S/C10H14FN3O5/c1-4-2-14(10(17)12-8(4)16)9-6(11)7(13-18)5(3-15)19-9/h2,5-7,9,13,15,18H,3H2,1H3,(H,12,16,17)/t5-,6+,7+,9?/m1/s1. The lowest BCUT2D eigenvalue weighted by Gasteiger charge is -2.16. The van der Waals surface area contributed by atoms with E-state index in [2.05, 4.69) is 0 Å². The molecule has 1 unspecified atom stereocenters. The molecule has 9 heteroatoms. The molecule has 0 amide bonds. The first kappa shape index (κ1) is 13.9. The molecule has 0 aromatic carbocycles. The Morgan fingerprint density at radius 2 is 2.26 bits per heavy atom. The average molecular weight is 275 g/mol. The zero-order chi connectivity index (χ0) is 14.2. The predicted molar refractivity (Wildman–Crippen MR) is 60.7 cm³/mol. The number of halogens is 1. The van der Waals surface area contributed by atoms with Gasteiger partial charge in [-0.2, -0.15) is 5.48 Å². The number of nitrogens with one attached hydrogen (secondary N) is 2. The van der Waals surface area contributed by atoms with Gasteiger partial charge in [0.25, 0.3) is 5.56 Å². The number of hydrogen-bond acceptors (Lipinski definition) is 6. The van der Waals surface area contributed by atoms with Crippen molar-refractivity contribution < 1.29 is 19.4 Å². The van der Waals surface area contributed by atoms with Crippen molar-refractivity contribution in [2.24, 2.45) is 0 Å². The maximum atomic E-state index is 14.1. The minimum Gasteiger partial charge on any atom is -0.394 e. The normalized spacial score (nSPS) is 30.7. The summed E-state index contributed by atoms with van der Waals surface area (Å²) < 4.78 is 20.1. The van der Waals surface area contributed by atoms with E-state index in [1.54, 1.807) is 5.48 Å². The first-order chi connectivity index (χ1) is 8.99. The Morgan fingerprint density at radius 1 is 1.58 bits per heavy atom. The number of aromatic amines is 1. The maximum absolute atomic E-state index is 14.1. The van der Waals surface area contributed by atoms with Crippen molar-refractivity contribution in [1.29, 1.82) is 0 Å². The van der Waals surface area contributed by atoms with E-state index in [0.717, 1.165) is 4.57 Å². The number of aliphatic hydroxyl groups is 1. The fraction of sp³-hybridized carbons (Fsp3) is 0.600. The molecular weight excluding hydrogens is 261 g/mol. The minimum absolute atomic E-state index is 0.219. The molecule has 8 nitrogen and oxygen atoms in total. The second kappa shape index (κ2) is 5.21. The van der Waals surface area contributed by atoms with Crippen LogP contribution in [0.25, 0.3) is 0 Å². The molecule has 0 bridgehead atoms. The molecule has 0 radical (unpaired) electrons. The van der Waals surface area contributed by atoms with Gasteiger partial charge in [0.05, 0.1) is 12.6 Å². The summed E-state index contributed by atoms with van der Waals surface area (Å²) >= 11 is 0. The zero-order valence-corrected chi connectivity index (χ0v) is 10.0. The second-order valence-corrected chi connectivity index (χ2v) is 4.33. The zero-order valence-electron chi connectivity index (χ0n) is 10.0. The van der Waals surface area contributed by atoms with Gasteiger partial charge in [0, 0.05) is 11.8 Å². The van der Waals surface area contributed by atoms with E-state index in [9.17, 15) is 14.0 Å². The van der Waals surface area contributed by atoms with Crippen LogP contribution in [0.5, 0.6) is 0 Å². The smallest absolute Gasteiger partial charge is 0.330 e. The Balaban J connectivity index is 2.41. The molecule has 0 saturated carbocycles. The minimum atomic E-state index is -1.76. The van der Waals surface area contributed by atoms with Crippen LogP contribution in [0, 0.1) is 6.92 Å². The van der Waals surface area contributed by atoms with Crippen LogP contribution in [-0.2, 0) is 4.74 Å². The van der Waals surface area contributed by atoms with Crippen molar-refractivity contribution in [3.05, 3.63) is 32.6 Å². The highest BCUT2D eigenvalue weighted by Gasteiger charge is 2.46. The molecule has 1 fully saturated rings. The Kier molecular flexibility index (Phi) is 3.80. The topological polar surface area (TPSA) is 117 Å². The van der Waals surface area contributed by atoms with Crippen LogP contribution in [0.15, 0.2) is 15.8 Å². The summed E-state index contributed by atoms with van der Waals surface area (Å²) in [4.78, 5) is 24.9. The largest absolute Gasteiger partial charge is 0.394 e. The Labute approximate surface area is 106 Å².